The van der Waals surface area contributed by atoms with Crippen LogP contribution < -0.4 is 10.5 Å². The lowest BCUT2D eigenvalue weighted by molar-refractivity contribution is -0.275. The number of rotatable bonds is 3. The molecule has 0 aliphatic heterocycles. The van der Waals surface area contributed by atoms with E-state index in [0.717, 1.165) is 0 Å². The van der Waals surface area contributed by atoms with Gasteiger partial charge in [-0.2, -0.15) is 15.4 Å². The van der Waals surface area contributed by atoms with E-state index in [1.165, 1.54) is 0 Å². The van der Waals surface area contributed by atoms with Gasteiger partial charge < -0.3 is 10.5 Å². The molecule has 0 fully saturated rings. The molecule has 112 valence electrons. The maximum atomic E-state index is 14.0. The third kappa shape index (κ3) is 2.90. The predicted molar refractivity (Wildman–Crippen MR) is 56.9 cm³/mol. The largest absolute Gasteiger partial charge is 0.573 e. The topological polar surface area (TPSA) is 93.9 Å². The van der Waals surface area contributed by atoms with Crippen LogP contribution in [-0.4, -0.2) is 27.7 Å². The first-order valence-corrected chi connectivity index (χ1v) is 5.15. The molecule has 21 heavy (non-hydrogen) atoms. The summed E-state index contributed by atoms with van der Waals surface area (Å²) in [7, 11) is 0. The van der Waals surface area contributed by atoms with Crippen molar-refractivity contribution >= 4 is 5.91 Å². The molecule has 1 aromatic heterocycles. The van der Waals surface area contributed by atoms with Crippen LogP contribution in [0, 0.1) is 11.6 Å². The van der Waals surface area contributed by atoms with E-state index in [0.29, 0.717) is 12.1 Å². The number of amides is 1. The average molecular weight is 308 g/mol. The van der Waals surface area contributed by atoms with Crippen LogP contribution in [0.15, 0.2) is 12.1 Å². The first-order chi connectivity index (χ1) is 9.70. The van der Waals surface area contributed by atoms with Gasteiger partial charge in [0.25, 0.3) is 5.91 Å². The van der Waals surface area contributed by atoms with Gasteiger partial charge in [-0.1, -0.05) is 0 Å². The molecule has 1 amide bonds. The van der Waals surface area contributed by atoms with Crippen LogP contribution in [0.4, 0.5) is 22.0 Å². The van der Waals surface area contributed by atoms with Crippen LogP contribution in [-0.2, 0) is 0 Å². The number of nitrogens with zero attached hydrogens (tertiary/aromatic N) is 2. The molecule has 0 saturated heterocycles. The molecule has 0 atom stereocenters. The molecule has 0 radical (unpaired) electrons. The number of alkyl halides is 3. The zero-order chi connectivity index (χ0) is 15.8. The smallest absolute Gasteiger partial charge is 0.403 e. The molecule has 0 spiro atoms. The van der Waals surface area contributed by atoms with Crippen molar-refractivity contribution in [3.63, 3.8) is 0 Å². The molecule has 2 aromatic rings. The number of H-pyrrole nitrogens is 1. The van der Waals surface area contributed by atoms with Crippen LogP contribution in [0.5, 0.6) is 5.75 Å². The summed E-state index contributed by atoms with van der Waals surface area (Å²) < 4.78 is 67.4. The minimum Gasteiger partial charge on any atom is -0.403 e. The normalized spacial score (nSPS) is 11.5. The van der Waals surface area contributed by atoms with Crippen molar-refractivity contribution in [2.75, 3.05) is 0 Å². The lowest BCUT2D eigenvalue weighted by atomic mass is 10.1. The average Bonchev–Trinajstić information content (AvgIpc) is 2.81. The molecule has 2 rings (SSSR count). The van der Waals surface area contributed by atoms with E-state index < -0.39 is 46.6 Å². The molecule has 0 unspecified atom stereocenters. The molecular formula is C10H5F5N4O2. The SMILES string of the molecule is NC(=O)c1n[nH]nc1-c1c(F)ccc(OC(F)(F)F)c1F. The van der Waals surface area contributed by atoms with Gasteiger partial charge in [-0.15, -0.1) is 13.2 Å². The summed E-state index contributed by atoms with van der Waals surface area (Å²) in [5, 5.41) is 8.49. The standard InChI is InChI=1S/C10H5F5N4O2/c11-3-1-2-4(21-10(13,14)15)6(12)5(3)7-8(9(16)20)18-19-17-7/h1-2H,(H2,16,20)(H,17,18,19). The number of nitrogens with two attached hydrogens (primary N) is 1. The Balaban J connectivity index is 2.61. The van der Waals surface area contributed by atoms with E-state index in [4.69, 9.17) is 5.73 Å². The molecule has 1 aromatic carbocycles. The van der Waals surface area contributed by atoms with E-state index in [-0.39, 0.29) is 0 Å². The molecule has 0 bridgehead atoms. The van der Waals surface area contributed by atoms with E-state index in [1.54, 1.807) is 0 Å². The Kier molecular flexibility index (Phi) is 3.49. The summed E-state index contributed by atoms with van der Waals surface area (Å²) in [6.45, 7) is 0. The number of carbonyl (C=O) groups excluding carboxylic acids is 1. The van der Waals surface area contributed by atoms with Crippen molar-refractivity contribution in [3.8, 4) is 17.0 Å². The number of aromatic nitrogens is 3. The third-order valence-electron chi connectivity index (χ3n) is 2.30. The van der Waals surface area contributed by atoms with Gasteiger partial charge in [0.15, 0.2) is 17.3 Å². The second-order valence-corrected chi connectivity index (χ2v) is 3.67. The van der Waals surface area contributed by atoms with Crippen LogP contribution in [0.3, 0.4) is 0 Å². The number of aromatic amines is 1. The van der Waals surface area contributed by atoms with Crippen molar-refractivity contribution < 1.29 is 31.5 Å². The van der Waals surface area contributed by atoms with Gasteiger partial charge in [-0.25, -0.2) is 8.78 Å². The predicted octanol–water partition coefficient (Wildman–Crippen LogP) is 1.75. The first-order valence-electron chi connectivity index (χ1n) is 5.15. The van der Waals surface area contributed by atoms with Gasteiger partial charge in [0.05, 0.1) is 5.56 Å². The van der Waals surface area contributed by atoms with Crippen LogP contribution in [0.2, 0.25) is 0 Å². The summed E-state index contributed by atoms with van der Waals surface area (Å²) >= 11 is 0. The lowest BCUT2D eigenvalue weighted by Gasteiger charge is -2.11. The van der Waals surface area contributed by atoms with Crippen molar-refractivity contribution in [2.45, 2.75) is 6.36 Å². The third-order valence-corrected chi connectivity index (χ3v) is 2.30. The summed E-state index contributed by atoms with van der Waals surface area (Å²) in [5.74, 6) is -5.40. The Morgan fingerprint density at radius 2 is 1.90 bits per heavy atom. The fourth-order valence-corrected chi connectivity index (χ4v) is 1.53. The Hall–Kier alpha value is -2.72. The fraction of sp³-hybridized carbons (Fsp3) is 0.100. The Bertz CT molecular complexity index is 697. The minimum absolute atomic E-state index is 0.450. The number of benzene rings is 1. The van der Waals surface area contributed by atoms with Gasteiger partial charge in [0.1, 0.15) is 11.5 Å². The van der Waals surface area contributed by atoms with Crippen molar-refractivity contribution in [2.24, 2.45) is 5.73 Å². The summed E-state index contributed by atoms with van der Waals surface area (Å²) in [4.78, 5) is 11.0. The number of nitrogens with one attached hydrogen (secondary N) is 1. The molecule has 0 aliphatic rings. The fourth-order valence-electron chi connectivity index (χ4n) is 1.53. The van der Waals surface area contributed by atoms with E-state index >= 15 is 0 Å². The summed E-state index contributed by atoms with van der Waals surface area (Å²) in [6, 6.07) is 0.977. The Morgan fingerprint density at radius 1 is 1.24 bits per heavy atom. The maximum absolute atomic E-state index is 14.0. The number of hydrogen-bond acceptors (Lipinski definition) is 4. The number of primary amides is 1. The van der Waals surface area contributed by atoms with Crippen LogP contribution in [0.25, 0.3) is 11.3 Å². The highest BCUT2D eigenvalue weighted by atomic mass is 19.4. The molecule has 6 nitrogen and oxygen atoms in total. The molecule has 1 heterocycles. The summed E-state index contributed by atoms with van der Waals surface area (Å²) in [6.07, 6.45) is -5.17. The lowest BCUT2D eigenvalue weighted by Crippen LogP contribution is -2.18. The highest BCUT2D eigenvalue weighted by Gasteiger charge is 2.34. The van der Waals surface area contributed by atoms with Crippen LogP contribution in [0.1, 0.15) is 10.5 Å². The molecule has 0 saturated carbocycles. The van der Waals surface area contributed by atoms with Crippen molar-refractivity contribution in [3.05, 3.63) is 29.5 Å². The van der Waals surface area contributed by atoms with E-state index in [9.17, 15) is 26.7 Å². The molecule has 3 N–H and O–H groups in total. The molecular weight excluding hydrogens is 303 g/mol. The van der Waals surface area contributed by atoms with Crippen molar-refractivity contribution in [1.29, 1.82) is 0 Å². The molecule has 0 aliphatic carbocycles. The number of halogens is 5. The number of ether oxygens (including phenoxy) is 1. The maximum Gasteiger partial charge on any atom is 0.573 e. The molecule has 11 heteroatoms. The minimum atomic E-state index is -5.17. The van der Waals surface area contributed by atoms with E-state index in [1.807, 2.05) is 5.21 Å². The zero-order valence-electron chi connectivity index (χ0n) is 9.83. The van der Waals surface area contributed by atoms with Gasteiger partial charge in [0, 0.05) is 0 Å². The second-order valence-electron chi connectivity index (χ2n) is 3.67. The summed E-state index contributed by atoms with van der Waals surface area (Å²) in [5.41, 5.74) is 2.61. The highest BCUT2D eigenvalue weighted by Crippen LogP contribution is 2.34. The number of carbonyl (C=O) groups is 1. The van der Waals surface area contributed by atoms with Gasteiger partial charge in [-0.3, -0.25) is 4.79 Å². The van der Waals surface area contributed by atoms with Gasteiger partial charge in [0.2, 0.25) is 0 Å². The highest BCUT2D eigenvalue weighted by molar-refractivity contribution is 5.96. The second kappa shape index (κ2) is 5.00. The quantitative estimate of drug-likeness (QED) is 0.845. The monoisotopic (exact) mass is 308 g/mol. The van der Waals surface area contributed by atoms with E-state index in [2.05, 4.69) is 14.9 Å². The van der Waals surface area contributed by atoms with Crippen molar-refractivity contribution in [1.82, 2.24) is 15.4 Å². The Labute approximate surface area is 112 Å². The first kappa shape index (κ1) is 14.7. The zero-order valence-corrected chi connectivity index (χ0v) is 9.83. The van der Waals surface area contributed by atoms with Crippen LogP contribution >= 0.6 is 0 Å². The van der Waals surface area contributed by atoms with Gasteiger partial charge in [-0.05, 0) is 12.1 Å². The Morgan fingerprint density at radius 3 is 2.48 bits per heavy atom. The number of hydrogen-bond donors (Lipinski definition) is 2. The van der Waals surface area contributed by atoms with Gasteiger partial charge >= 0.3 is 6.36 Å².